The van der Waals surface area contributed by atoms with Crippen molar-refractivity contribution in [1.82, 2.24) is 19.6 Å². The first-order chi connectivity index (χ1) is 14.7. The summed E-state index contributed by atoms with van der Waals surface area (Å²) in [5, 5.41) is 6.02. The maximum atomic E-state index is 12.5. The highest BCUT2D eigenvalue weighted by Crippen LogP contribution is 2.27. The number of nitrogens with one attached hydrogen (secondary N) is 2. The molecule has 0 saturated carbocycles. The third-order valence-electron chi connectivity index (χ3n) is 4.62. The number of sulfonamides is 1. The Hall–Kier alpha value is -2.21. The van der Waals surface area contributed by atoms with Crippen molar-refractivity contribution in [2.45, 2.75) is 43.0 Å². The van der Waals surface area contributed by atoms with Crippen molar-refractivity contribution >= 4 is 33.5 Å². The second-order valence-corrected chi connectivity index (χ2v) is 10.5. The standard InChI is InChI=1S/C20H27N5O4S2/c1-14-11-17(30-20-22-7-4-8-23-20)5-6-18(14)24-19(26)21-9-10-31(27,28)25-12-15(2)29-16(3)13-25/h4-8,11,15-16H,9-10,12-13H2,1-3H3,(H2,21,24,26). The molecule has 0 bridgehead atoms. The lowest BCUT2D eigenvalue weighted by molar-refractivity contribution is -0.0440. The van der Waals surface area contributed by atoms with E-state index in [0.717, 1.165) is 10.5 Å². The van der Waals surface area contributed by atoms with Crippen LogP contribution in [0.25, 0.3) is 0 Å². The summed E-state index contributed by atoms with van der Waals surface area (Å²) in [5.74, 6) is -0.161. The van der Waals surface area contributed by atoms with E-state index in [1.165, 1.54) is 16.1 Å². The molecule has 0 radical (unpaired) electrons. The van der Waals surface area contributed by atoms with E-state index in [0.29, 0.717) is 23.9 Å². The van der Waals surface area contributed by atoms with Gasteiger partial charge in [0.2, 0.25) is 10.0 Å². The largest absolute Gasteiger partial charge is 0.373 e. The second-order valence-electron chi connectivity index (χ2n) is 7.38. The van der Waals surface area contributed by atoms with Crippen LogP contribution in [0.5, 0.6) is 0 Å². The number of benzene rings is 1. The summed E-state index contributed by atoms with van der Waals surface area (Å²) in [6.07, 6.45) is 3.07. The average molecular weight is 466 g/mol. The van der Waals surface area contributed by atoms with Crippen molar-refractivity contribution in [3.8, 4) is 0 Å². The zero-order valence-corrected chi connectivity index (χ0v) is 19.4. The van der Waals surface area contributed by atoms with Crippen LogP contribution >= 0.6 is 11.8 Å². The number of nitrogens with zero attached hydrogens (tertiary/aromatic N) is 3. The minimum absolute atomic E-state index is 0.0205. The van der Waals surface area contributed by atoms with Crippen LogP contribution in [0.15, 0.2) is 46.7 Å². The molecular formula is C20H27N5O4S2. The summed E-state index contributed by atoms with van der Waals surface area (Å²) in [6, 6.07) is 6.91. The van der Waals surface area contributed by atoms with Gasteiger partial charge < -0.3 is 15.4 Å². The fourth-order valence-corrected chi connectivity index (χ4v) is 5.53. The van der Waals surface area contributed by atoms with Crippen LogP contribution in [0.3, 0.4) is 0 Å². The van der Waals surface area contributed by atoms with Gasteiger partial charge in [-0.15, -0.1) is 0 Å². The Morgan fingerprint density at radius 1 is 1.23 bits per heavy atom. The monoisotopic (exact) mass is 465 g/mol. The smallest absolute Gasteiger partial charge is 0.319 e. The van der Waals surface area contributed by atoms with Gasteiger partial charge in [-0.05, 0) is 62.4 Å². The van der Waals surface area contributed by atoms with Crippen LogP contribution in [0.2, 0.25) is 0 Å². The molecule has 9 nitrogen and oxygen atoms in total. The van der Waals surface area contributed by atoms with Gasteiger partial charge in [-0.2, -0.15) is 4.31 Å². The summed E-state index contributed by atoms with van der Waals surface area (Å²) < 4.78 is 32.1. The Labute approximate surface area is 187 Å². The first-order valence-corrected chi connectivity index (χ1v) is 12.4. The van der Waals surface area contributed by atoms with Crippen molar-refractivity contribution in [2.24, 2.45) is 0 Å². The van der Waals surface area contributed by atoms with E-state index in [-0.39, 0.29) is 24.5 Å². The zero-order valence-electron chi connectivity index (χ0n) is 17.7. The molecule has 1 fully saturated rings. The number of anilines is 1. The molecule has 2 heterocycles. The van der Waals surface area contributed by atoms with Crippen molar-refractivity contribution < 1.29 is 17.9 Å². The normalized spacial score (nSPS) is 19.7. The maximum Gasteiger partial charge on any atom is 0.319 e. The number of urea groups is 1. The molecule has 2 atom stereocenters. The molecule has 0 spiro atoms. The molecule has 1 aliphatic heterocycles. The first kappa shape index (κ1) is 23.5. The lowest BCUT2D eigenvalue weighted by Gasteiger charge is -2.34. The van der Waals surface area contributed by atoms with Crippen molar-refractivity contribution in [1.29, 1.82) is 0 Å². The van der Waals surface area contributed by atoms with E-state index < -0.39 is 16.1 Å². The highest BCUT2D eigenvalue weighted by Gasteiger charge is 2.30. The molecule has 168 valence electrons. The highest BCUT2D eigenvalue weighted by molar-refractivity contribution is 7.99. The fraction of sp³-hybridized carbons (Fsp3) is 0.450. The molecule has 31 heavy (non-hydrogen) atoms. The highest BCUT2D eigenvalue weighted by atomic mass is 32.2. The predicted molar refractivity (Wildman–Crippen MR) is 120 cm³/mol. The van der Waals surface area contributed by atoms with Crippen LogP contribution in [0.1, 0.15) is 19.4 Å². The van der Waals surface area contributed by atoms with Crippen LogP contribution in [-0.2, 0) is 14.8 Å². The van der Waals surface area contributed by atoms with Gasteiger partial charge in [0.15, 0.2) is 5.16 Å². The number of carbonyl (C=O) groups excluding carboxylic acids is 1. The Bertz CT molecular complexity index is 994. The number of carbonyl (C=O) groups is 1. The van der Waals surface area contributed by atoms with Crippen molar-refractivity contribution in [3.63, 3.8) is 0 Å². The molecule has 1 aromatic carbocycles. The Morgan fingerprint density at radius 2 is 1.90 bits per heavy atom. The van der Waals surface area contributed by atoms with E-state index in [1.807, 2.05) is 32.9 Å². The number of hydrogen-bond acceptors (Lipinski definition) is 7. The Morgan fingerprint density at radius 3 is 2.55 bits per heavy atom. The second kappa shape index (κ2) is 10.4. The molecule has 0 aliphatic carbocycles. The molecule has 2 amide bonds. The van der Waals surface area contributed by atoms with Gasteiger partial charge in [-0.25, -0.2) is 23.2 Å². The average Bonchev–Trinajstić information content (AvgIpc) is 2.70. The summed E-state index contributed by atoms with van der Waals surface area (Å²) >= 11 is 1.43. The van der Waals surface area contributed by atoms with Crippen molar-refractivity contribution in [2.75, 3.05) is 30.7 Å². The van der Waals surface area contributed by atoms with E-state index in [4.69, 9.17) is 4.74 Å². The van der Waals surface area contributed by atoms with Crippen molar-refractivity contribution in [3.05, 3.63) is 42.2 Å². The van der Waals surface area contributed by atoms with Gasteiger partial charge in [-0.3, -0.25) is 0 Å². The van der Waals surface area contributed by atoms with Gasteiger partial charge in [-0.1, -0.05) is 0 Å². The van der Waals surface area contributed by atoms with Gasteiger partial charge in [0, 0.05) is 42.6 Å². The molecule has 1 aliphatic rings. The molecule has 3 rings (SSSR count). The van der Waals surface area contributed by atoms with Crippen LogP contribution in [-0.4, -0.2) is 66.3 Å². The Kier molecular flexibility index (Phi) is 7.87. The van der Waals surface area contributed by atoms with Gasteiger partial charge in [0.1, 0.15) is 0 Å². The number of morpholine rings is 1. The number of amides is 2. The summed E-state index contributed by atoms with van der Waals surface area (Å²) in [5.41, 5.74) is 1.52. The molecule has 2 N–H and O–H groups in total. The lowest BCUT2D eigenvalue weighted by Crippen LogP contribution is -2.49. The summed E-state index contributed by atoms with van der Waals surface area (Å²) in [6.45, 7) is 6.27. The fourth-order valence-electron chi connectivity index (χ4n) is 3.23. The number of aryl methyl sites for hydroxylation is 1. The van der Waals surface area contributed by atoms with E-state index in [1.54, 1.807) is 24.5 Å². The van der Waals surface area contributed by atoms with E-state index >= 15 is 0 Å². The molecule has 1 saturated heterocycles. The third-order valence-corrected chi connectivity index (χ3v) is 7.31. The summed E-state index contributed by atoms with van der Waals surface area (Å²) in [7, 11) is -3.46. The Balaban J connectivity index is 1.49. The third kappa shape index (κ3) is 6.89. The SMILES string of the molecule is Cc1cc(Sc2ncccn2)ccc1NC(=O)NCCS(=O)(=O)N1CC(C)OC(C)C1. The molecule has 11 heteroatoms. The number of aromatic nitrogens is 2. The number of ether oxygens (including phenoxy) is 1. The zero-order chi connectivity index (χ0) is 22.4. The summed E-state index contributed by atoms with van der Waals surface area (Å²) in [4.78, 5) is 21.5. The van der Waals surface area contributed by atoms with E-state index in [9.17, 15) is 13.2 Å². The van der Waals surface area contributed by atoms with Gasteiger partial charge in [0.25, 0.3) is 0 Å². The van der Waals surface area contributed by atoms with E-state index in [2.05, 4.69) is 20.6 Å². The first-order valence-electron chi connectivity index (χ1n) is 9.96. The molecule has 2 unspecified atom stereocenters. The molecule has 1 aromatic heterocycles. The number of hydrogen-bond donors (Lipinski definition) is 2. The van der Waals surface area contributed by atoms with Crippen LogP contribution < -0.4 is 10.6 Å². The molecular weight excluding hydrogens is 438 g/mol. The number of rotatable bonds is 7. The van der Waals surface area contributed by atoms with Crippen LogP contribution in [0, 0.1) is 6.92 Å². The lowest BCUT2D eigenvalue weighted by atomic mass is 10.2. The minimum atomic E-state index is -3.46. The quantitative estimate of drug-likeness (QED) is 0.604. The predicted octanol–water partition coefficient (Wildman–Crippen LogP) is 2.50. The van der Waals surface area contributed by atoms with Crippen LogP contribution in [0.4, 0.5) is 10.5 Å². The van der Waals surface area contributed by atoms with Gasteiger partial charge in [0.05, 0.1) is 18.0 Å². The topological polar surface area (TPSA) is 114 Å². The molecule has 2 aromatic rings. The van der Waals surface area contributed by atoms with Gasteiger partial charge >= 0.3 is 6.03 Å². The minimum Gasteiger partial charge on any atom is -0.373 e. The maximum absolute atomic E-state index is 12.5.